The second-order valence-electron chi connectivity index (χ2n) is 7.17. The number of nitrogens with zero attached hydrogens (tertiary/aromatic N) is 2. The Morgan fingerprint density at radius 2 is 1.90 bits per heavy atom. The molecular weight excluding hydrogens is 424 g/mol. The zero-order valence-electron chi connectivity index (χ0n) is 16.4. The molecule has 1 amide bonds. The SMILES string of the molecule is COc1cccc(CN2C(=NC(=O)COc3ccccc3)SC3CS(=O)(=O)CC32)c1. The Morgan fingerprint density at radius 1 is 1.13 bits per heavy atom. The molecule has 9 heteroatoms. The molecule has 30 heavy (non-hydrogen) atoms. The fourth-order valence-corrected chi connectivity index (χ4v) is 7.56. The maximum absolute atomic E-state index is 12.4. The summed E-state index contributed by atoms with van der Waals surface area (Å²) in [6.07, 6.45) is 0. The second kappa shape index (κ2) is 8.69. The lowest BCUT2D eigenvalue weighted by Crippen LogP contribution is -2.37. The summed E-state index contributed by atoms with van der Waals surface area (Å²) < 4.78 is 35.1. The number of ether oxygens (including phenoxy) is 2. The third-order valence-corrected chi connectivity index (χ3v) is 8.24. The molecule has 2 aromatic rings. The van der Waals surface area contributed by atoms with Gasteiger partial charge in [-0.3, -0.25) is 4.79 Å². The first-order chi connectivity index (χ1) is 14.4. The van der Waals surface area contributed by atoms with Crippen molar-refractivity contribution in [1.29, 1.82) is 0 Å². The summed E-state index contributed by atoms with van der Waals surface area (Å²) in [7, 11) is -1.49. The zero-order valence-corrected chi connectivity index (χ0v) is 18.1. The maximum Gasteiger partial charge on any atom is 0.285 e. The lowest BCUT2D eigenvalue weighted by Gasteiger charge is -2.24. The van der Waals surface area contributed by atoms with Gasteiger partial charge in [0, 0.05) is 11.8 Å². The smallest absolute Gasteiger partial charge is 0.285 e. The monoisotopic (exact) mass is 446 g/mol. The van der Waals surface area contributed by atoms with Crippen molar-refractivity contribution in [2.75, 3.05) is 25.2 Å². The van der Waals surface area contributed by atoms with Gasteiger partial charge in [-0.15, -0.1) is 0 Å². The quantitative estimate of drug-likeness (QED) is 0.673. The van der Waals surface area contributed by atoms with Crippen LogP contribution in [0, 0.1) is 0 Å². The summed E-state index contributed by atoms with van der Waals surface area (Å²) in [6, 6.07) is 16.5. The molecule has 0 bridgehead atoms. The van der Waals surface area contributed by atoms with Gasteiger partial charge in [-0.1, -0.05) is 42.1 Å². The normalized spacial score (nSPS) is 23.4. The van der Waals surface area contributed by atoms with Gasteiger partial charge in [0.25, 0.3) is 5.91 Å². The fourth-order valence-electron chi connectivity index (χ4n) is 3.59. The van der Waals surface area contributed by atoms with Crippen LogP contribution in [0.2, 0.25) is 0 Å². The average Bonchev–Trinajstić information content (AvgIpc) is 3.19. The van der Waals surface area contributed by atoms with Crippen LogP contribution in [0.5, 0.6) is 11.5 Å². The molecule has 2 unspecified atom stereocenters. The number of rotatable bonds is 6. The highest BCUT2D eigenvalue weighted by Crippen LogP contribution is 2.39. The largest absolute Gasteiger partial charge is 0.497 e. The molecule has 0 radical (unpaired) electrons. The van der Waals surface area contributed by atoms with E-state index < -0.39 is 15.7 Å². The van der Waals surface area contributed by atoms with Crippen LogP contribution in [-0.2, 0) is 21.2 Å². The topological polar surface area (TPSA) is 85.3 Å². The molecule has 7 nitrogen and oxygen atoms in total. The van der Waals surface area contributed by atoms with Gasteiger partial charge in [0.2, 0.25) is 0 Å². The Kier molecular flexibility index (Phi) is 6.01. The van der Waals surface area contributed by atoms with E-state index in [1.807, 2.05) is 47.4 Å². The number of carbonyl (C=O) groups excluding carboxylic acids is 1. The van der Waals surface area contributed by atoms with Crippen molar-refractivity contribution in [2.45, 2.75) is 17.8 Å². The molecule has 0 aromatic heterocycles. The Bertz CT molecular complexity index is 1060. The molecule has 158 valence electrons. The van der Waals surface area contributed by atoms with Gasteiger partial charge in [-0.2, -0.15) is 4.99 Å². The molecular formula is C21H22N2O5S2. The highest BCUT2D eigenvalue weighted by Gasteiger charge is 2.48. The third kappa shape index (κ3) is 4.79. The van der Waals surface area contributed by atoms with Crippen LogP contribution in [0.3, 0.4) is 0 Å². The van der Waals surface area contributed by atoms with E-state index in [1.54, 1.807) is 19.2 Å². The number of amidine groups is 1. The predicted molar refractivity (Wildman–Crippen MR) is 117 cm³/mol. The van der Waals surface area contributed by atoms with Crippen molar-refractivity contribution in [3.05, 3.63) is 60.2 Å². The van der Waals surface area contributed by atoms with E-state index in [2.05, 4.69) is 4.99 Å². The van der Waals surface area contributed by atoms with Gasteiger partial charge >= 0.3 is 0 Å². The minimum absolute atomic E-state index is 0.0718. The molecule has 0 spiro atoms. The van der Waals surface area contributed by atoms with Crippen LogP contribution >= 0.6 is 11.8 Å². The number of para-hydroxylation sites is 1. The van der Waals surface area contributed by atoms with Gasteiger partial charge in [0.05, 0.1) is 24.7 Å². The van der Waals surface area contributed by atoms with Gasteiger partial charge < -0.3 is 14.4 Å². The van der Waals surface area contributed by atoms with E-state index >= 15 is 0 Å². The molecule has 2 heterocycles. The predicted octanol–water partition coefficient (Wildman–Crippen LogP) is 2.37. The summed E-state index contributed by atoms with van der Waals surface area (Å²) in [4.78, 5) is 18.6. The fraction of sp³-hybridized carbons (Fsp3) is 0.333. The summed E-state index contributed by atoms with van der Waals surface area (Å²) in [5.41, 5.74) is 0.959. The van der Waals surface area contributed by atoms with Crippen molar-refractivity contribution < 1.29 is 22.7 Å². The van der Waals surface area contributed by atoms with E-state index in [1.165, 1.54) is 11.8 Å². The number of hydrogen-bond donors (Lipinski definition) is 0. The van der Waals surface area contributed by atoms with Gasteiger partial charge in [0.1, 0.15) is 11.5 Å². The van der Waals surface area contributed by atoms with Crippen molar-refractivity contribution >= 4 is 32.7 Å². The lowest BCUT2D eigenvalue weighted by atomic mass is 10.1. The second-order valence-corrected chi connectivity index (χ2v) is 10.5. The van der Waals surface area contributed by atoms with Crippen LogP contribution in [0.4, 0.5) is 0 Å². The van der Waals surface area contributed by atoms with Crippen LogP contribution in [0.1, 0.15) is 5.56 Å². The molecule has 0 saturated carbocycles. The van der Waals surface area contributed by atoms with E-state index in [9.17, 15) is 13.2 Å². The van der Waals surface area contributed by atoms with Gasteiger partial charge in [-0.05, 0) is 29.8 Å². The lowest BCUT2D eigenvalue weighted by molar-refractivity contribution is -0.119. The Labute approximate surface area is 180 Å². The van der Waals surface area contributed by atoms with Crippen molar-refractivity contribution in [3.8, 4) is 11.5 Å². The first kappa shape index (κ1) is 20.7. The number of aliphatic imine (C=N–C) groups is 1. The van der Waals surface area contributed by atoms with E-state index in [0.717, 1.165) is 11.3 Å². The third-order valence-electron chi connectivity index (χ3n) is 4.99. The Hall–Kier alpha value is -2.52. The Balaban J connectivity index is 1.52. The van der Waals surface area contributed by atoms with Crippen molar-refractivity contribution in [2.24, 2.45) is 4.99 Å². The van der Waals surface area contributed by atoms with Crippen LogP contribution in [0.15, 0.2) is 59.6 Å². The summed E-state index contributed by atoms with van der Waals surface area (Å²) in [6.45, 7) is 0.279. The molecule has 2 aromatic carbocycles. The molecule has 2 aliphatic heterocycles. The molecule has 2 fully saturated rings. The first-order valence-corrected chi connectivity index (χ1v) is 12.2. The highest BCUT2D eigenvalue weighted by molar-refractivity contribution is 8.15. The van der Waals surface area contributed by atoms with E-state index in [-0.39, 0.29) is 29.4 Å². The van der Waals surface area contributed by atoms with Crippen LogP contribution in [0.25, 0.3) is 0 Å². The molecule has 2 atom stereocenters. The van der Waals surface area contributed by atoms with E-state index in [4.69, 9.17) is 9.47 Å². The molecule has 2 aliphatic rings. The minimum atomic E-state index is -3.09. The van der Waals surface area contributed by atoms with E-state index in [0.29, 0.717) is 17.5 Å². The van der Waals surface area contributed by atoms with Crippen LogP contribution < -0.4 is 9.47 Å². The number of fused-ring (bicyclic) bond motifs is 1. The van der Waals surface area contributed by atoms with Gasteiger partial charge in [-0.25, -0.2) is 8.42 Å². The summed E-state index contributed by atoms with van der Waals surface area (Å²) >= 11 is 1.36. The van der Waals surface area contributed by atoms with Gasteiger partial charge in [0.15, 0.2) is 21.6 Å². The number of methoxy groups -OCH3 is 1. The minimum Gasteiger partial charge on any atom is -0.497 e. The van der Waals surface area contributed by atoms with Crippen molar-refractivity contribution in [3.63, 3.8) is 0 Å². The number of carbonyl (C=O) groups is 1. The standard InChI is InChI=1S/C21H22N2O5S2/c1-27-17-9-5-6-15(10-17)11-23-18-13-30(25,26)14-19(18)29-21(23)22-20(24)12-28-16-7-3-2-4-8-16/h2-10,18-19H,11-14H2,1H3. The summed E-state index contributed by atoms with van der Waals surface area (Å²) in [5.74, 6) is 1.09. The summed E-state index contributed by atoms with van der Waals surface area (Å²) in [5, 5.41) is 0.423. The zero-order chi connectivity index (χ0) is 21.1. The number of amides is 1. The number of hydrogen-bond acceptors (Lipinski definition) is 6. The average molecular weight is 447 g/mol. The Morgan fingerprint density at radius 3 is 2.67 bits per heavy atom. The highest BCUT2D eigenvalue weighted by atomic mass is 32.2. The molecule has 2 saturated heterocycles. The number of benzene rings is 2. The number of thioether (sulfide) groups is 1. The first-order valence-electron chi connectivity index (χ1n) is 9.49. The van der Waals surface area contributed by atoms with Crippen LogP contribution in [-0.4, -0.2) is 60.9 Å². The molecule has 4 rings (SSSR count). The molecule has 0 aliphatic carbocycles. The maximum atomic E-state index is 12.4. The number of sulfone groups is 1. The molecule has 0 N–H and O–H groups in total. The van der Waals surface area contributed by atoms with Crippen molar-refractivity contribution in [1.82, 2.24) is 4.90 Å².